The average molecular weight is 514 g/mol. The van der Waals surface area contributed by atoms with Gasteiger partial charge in [-0.3, -0.25) is 0 Å². The highest BCUT2D eigenvalue weighted by atomic mass is 19.4. The zero-order valence-electron chi connectivity index (χ0n) is 18.1. The molecule has 0 aliphatic rings. The average Bonchev–Trinajstić information content (AvgIpc) is 2.75. The van der Waals surface area contributed by atoms with E-state index in [1.165, 1.54) is 12.1 Å². The highest BCUT2D eigenvalue weighted by Crippen LogP contribution is 2.38. The van der Waals surface area contributed by atoms with Crippen LogP contribution in [0.15, 0.2) is 61.2 Å². The molecule has 0 amide bonds. The summed E-state index contributed by atoms with van der Waals surface area (Å²) in [7, 11) is 0. The molecule has 0 aromatic heterocycles. The minimum atomic E-state index is -5.41. The topological polar surface area (TPSA) is 9.23 Å². The Bertz CT molecular complexity index is 1320. The van der Waals surface area contributed by atoms with Gasteiger partial charge in [0.25, 0.3) is 0 Å². The van der Waals surface area contributed by atoms with Gasteiger partial charge < -0.3 is 4.74 Å². The van der Waals surface area contributed by atoms with E-state index in [1.807, 2.05) is 0 Å². The van der Waals surface area contributed by atoms with Crippen molar-refractivity contribution in [1.29, 1.82) is 0 Å². The number of alkyl halides is 5. The Balaban J connectivity index is 1.82. The summed E-state index contributed by atoms with van der Waals surface area (Å²) in [6.07, 6.45) is -7.02. The van der Waals surface area contributed by atoms with Gasteiger partial charge in [-0.1, -0.05) is 24.0 Å². The second-order valence-corrected chi connectivity index (χ2v) is 7.46. The molecule has 3 aromatic rings. The van der Waals surface area contributed by atoms with Crippen LogP contribution in [0.2, 0.25) is 0 Å². The monoisotopic (exact) mass is 514 g/mol. The van der Waals surface area contributed by atoms with Crippen molar-refractivity contribution in [3.05, 3.63) is 112 Å². The molecule has 0 aliphatic heterocycles. The third-order valence-corrected chi connectivity index (χ3v) is 4.84. The number of aryl methyl sites for hydroxylation is 1. The number of ether oxygens (including phenoxy) is 1. The van der Waals surface area contributed by atoms with Crippen LogP contribution in [0.4, 0.5) is 39.5 Å². The second-order valence-electron chi connectivity index (χ2n) is 7.46. The van der Waals surface area contributed by atoms with E-state index >= 15 is 0 Å². The molecule has 0 fully saturated rings. The smallest absolute Gasteiger partial charge is 0.429 e. The Labute approximate surface area is 199 Å². The minimum Gasteiger partial charge on any atom is -0.429 e. The summed E-state index contributed by atoms with van der Waals surface area (Å²) >= 11 is 0. The molecule has 0 radical (unpaired) electrons. The molecule has 3 aromatic carbocycles. The predicted octanol–water partition coefficient (Wildman–Crippen LogP) is 7.91. The van der Waals surface area contributed by atoms with Crippen LogP contribution < -0.4 is 4.74 Å². The predicted molar refractivity (Wildman–Crippen MR) is 113 cm³/mol. The molecule has 36 heavy (non-hydrogen) atoms. The van der Waals surface area contributed by atoms with Crippen molar-refractivity contribution in [2.75, 3.05) is 0 Å². The maximum absolute atomic E-state index is 14.4. The Hall–Kier alpha value is -3.87. The van der Waals surface area contributed by atoms with E-state index in [0.29, 0.717) is 30.5 Å². The zero-order valence-corrected chi connectivity index (χ0v) is 18.1. The molecule has 0 saturated heterocycles. The summed E-state index contributed by atoms with van der Waals surface area (Å²) < 4.78 is 127. The van der Waals surface area contributed by atoms with Crippen LogP contribution in [0.5, 0.6) is 5.75 Å². The summed E-state index contributed by atoms with van der Waals surface area (Å²) in [5, 5.41) is 0. The van der Waals surface area contributed by atoms with E-state index in [2.05, 4.69) is 23.2 Å². The lowest BCUT2D eigenvalue weighted by Crippen LogP contribution is -2.24. The second kappa shape index (κ2) is 10.4. The summed E-state index contributed by atoms with van der Waals surface area (Å²) in [5.41, 5.74) is -3.05. The summed E-state index contributed by atoms with van der Waals surface area (Å²) in [4.78, 5) is 0. The van der Waals surface area contributed by atoms with Gasteiger partial charge in [-0.15, -0.1) is 6.58 Å². The van der Waals surface area contributed by atoms with Crippen LogP contribution in [-0.2, 0) is 18.7 Å². The SMILES string of the molecule is C=CCCc1ccc(C#Cc2ccc(C(F)(F)Oc3cc(F)c(C(F)(F)F)c(F)c3)c(F)c2)c(F)c1. The van der Waals surface area contributed by atoms with Gasteiger partial charge in [-0.2, -0.15) is 22.0 Å². The molecule has 0 N–H and O–H groups in total. The van der Waals surface area contributed by atoms with Gasteiger partial charge in [0, 0.05) is 17.7 Å². The Morgan fingerprint density at radius 3 is 2.00 bits per heavy atom. The van der Waals surface area contributed by atoms with E-state index in [1.54, 1.807) is 12.1 Å². The number of hydrogen-bond acceptors (Lipinski definition) is 1. The minimum absolute atomic E-state index is 0.0122. The van der Waals surface area contributed by atoms with Gasteiger partial charge in [-0.05, 0) is 48.7 Å². The van der Waals surface area contributed by atoms with Crippen LogP contribution in [0.25, 0.3) is 0 Å². The molecule has 0 heterocycles. The normalized spacial score (nSPS) is 11.6. The third-order valence-electron chi connectivity index (χ3n) is 4.84. The molecule has 0 saturated carbocycles. The van der Waals surface area contributed by atoms with E-state index in [4.69, 9.17) is 0 Å². The lowest BCUT2D eigenvalue weighted by molar-refractivity contribution is -0.187. The maximum Gasteiger partial charge on any atom is 0.429 e. The number of allylic oxidation sites excluding steroid dienone is 1. The molecule has 0 aliphatic carbocycles. The van der Waals surface area contributed by atoms with Crippen molar-refractivity contribution in [1.82, 2.24) is 0 Å². The van der Waals surface area contributed by atoms with Crippen LogP contribution in [0.3, 0.4) is 0 Å². The molecule has 10 heteroatoms. The highest BCUT2D eigenvalue weighted by Gasteiger charge is 2.41. The van der Waals surface area contributed by atoms with Crippen molar-refractivity contribution in [3.8, 4) is 17.6 Å². The molecular formula is C26H15F9O. The largest absolute Gasteiger partial charge is 0.429 e. The lowest BCUT2D eigenvalue weighted by atomic mass is 10.1. The first-order chi connectivity index (χ1) is 16.8. The molecule has 1 nitrogen and oxygen atoms in total. The number of rotatable bonds is 6. The Kier molecular flexibility index (Phi) is 7.72. The quantitative estimate of drug-likeness (QED) is 0.185. The van der Waals surface area contributed by atoms with E-state index in [9.17, 15) is 39.5 Å². The fourth-order valence-electron chi connectivity index (χ4n) is 3.14. The summed E-state index contributed by atoms with van der Waals surface area (Å²) in [5.74, 6) is -2.92. The molecule has 3 rings (SSSR count). The molecule has 0 spiro atoms. The van der Waals surface area contributed by atoms with Gasteiger partial charge in [0.05, 0.1) is 5.56 Å². The van der Waals surface area contributed by atoms with E-state index in [-0.39, 0.29) is 23.3 Å². The van der Waals surface area contributed by atoms with Gasteiger partial charge >= 0.3 is 12.3 Å². The number of benzene rings is 3. The third kappa shape index (κ3) is 6.22. The lowest BCUT2D eigenvalue weighted by Gasteiger charge is -2.20. The van der Waals surface area contributed by atoms with Crippen molar-refractivity contribution < 1.29 is 44.3 Å². The van der Waals surface area contributed by atoms with Crippen LogP contribution >= 0.6 is 0 Å². The Morgan fingerprint density at radius 2 is 1.44 bits per heavy atom. The molecule has 0 bridgehead atoms. The standard InChI is InChI=1S/C26H15F9O/c1-2-3-4-15-5-8-17(20(27)11-15)9-6-16-7-10-19(21(28)12-16)26(34,35)36-18-13-22(29)24(23(30)14-18)25(31,32)33/h2,5,7-8,10-14H,1,3-4H2. The first-order valence-electron chi connectivity index (χ1n) is 10.2. The first kappa shape index (κ1) is 26.7. The molecule has 0 unspecified atom stereocenters. The van der Waals surface area contributed by atoms with Gasteiger partial charge in [-0.25, -0.2) is 17.6 Å². The van der Waals surface area contributed by atoms with Crippen LogP contribution in [0.1, 0.15) is 34.2 Å². The fourth-order valence-corrected chi connectivity index (χ4v) is 3.14. The fraction of sp³-hybridized carbons (Fsp3) is 0.154. The Morgan fingerprint density at radius 1 is 0.778 bits per heavy atom. The number of halogens is 9. The van der Waals surface area contributed by atoms with Crippen LogP contribution in [-0.4, -0.2) is 0 Å². The zero-order chi connectivity index (χ0) is 26.7. The van der Waals surface area contributed by atoms with Gasteiger partial charge in [0.1, 0.15) is 40.1 Å². The first-order valence-corrected chi connectivity index (χ1v) is 10.2. The van der Waals surface area contributed by atoms with Crippen molar-refractivity contribution in [3.63, 3.8) is 0 Å². The van der Waals surface area contributed by atoms with Crippen LogP contribution in [0, 0.1) is 35.1 Å². The van der Waals surface area contributed by atoms with Crippen molar-refractivity contribution in [2.24, 2.45) is 0 Å². The summed E-state index contributed by atoms with van der Waals surface area (Å²) in [6, 6.07) is 6.30. The molecule has 0 atom stereocenters. The van der Waals surface area contributed by atoms with Crippen molar-refractivity contribution >= 4 is 0 Å². The molecule has 188 valence electrons. The van der Waals surface area contributed by atoms with Gasteiger partial charge in [0.2, 0.25) is 0 Å². The number of hydrogen-bond donors (Lipinski definition) is 0. The van der Waals surface area contributed by atoms with E-state index < -0.39 is 52.4 Å². The maximum atomic E-state index is 14.4. The summed E-state index contributed by atoms with van der Waals surface area (Å²) in [6.45, 7) is 3.58. The van der Waals surface area contributed by atoms with Crippen molar-refractivity contribution in [2.45, 2.75) is 25.1 Å². The highest BCUT2D eigenvalue weighted by molar-refractivity contribution is 5.45. The van der Waals surface area contributed by atoms with Gasteiger partial charge in [0.15, 0.2) is 0 Å². The molecular weight excluding hydrogens is 499 g/mol. The van der Waals surface area contributed by atoms with E-state index in [0.717, 1.165) is 6.07 Å².